The van der Waals surface area contributed by atoms with Crippen LogP contribution in [0.25, 0.3) is 0 Å². The Labute approximate surface area is 85.1 Å². The molecule has 7 nitrogen and oxygen atoms in total. The zero-order valence-electron chi connectivity index (χ0n) is 7.73. The number of nitrogens with zero attached hydrogens (tertiary/aromatic N) is 2. The normalized spacial score (nSPS) is 9.33. The summed E-state index contributed by atoms with van der Waals surface area (Å²) >= 11 is 0. The lowest BCUT2D eigenvalue weighted by Gasteiger charge is -1.97. The Morgan fingerprint density at radius 1 is 1.73 bits per heavy atom. The van der Waals surface area contributed by atoms with E-state index in [0.29, 0.717) is 5.82 Å². The van der Waals surface area contributed by atoms with Gasteiger partial charge >= 0.3 is 5.69 Å². The molecule has 78 valence electrons. The van der Waals surface area contributed by atoms with Crippen LogP contribution in [0.2, 0.25) is 0 Å². The fraction of sp³-hybridized carbons (Fsp3) is 0.250. The van der Waals surface area contributed by atoms with Crippen molar-refractivity contribution in [3.05, 3.63) is 27.9 Å². The minimum atomic E-state index is -0.590. The molecule has 0 radical (unpaired) electrons. The summed E-state index contributed by atoms with van der Waals surface area (Å²) in [4.78, 5) is 12.4. The zero-order chi connectivity index (χ0) is 11.3. The highest BCUT2D eigenvalue weighted by Crippen LogP contribution is 2.14. The predicted molar refractivity (Wildman–Crippen MR) is 49.9 cm³/mol. The molecule has 1 aromatic rings. The molecule has 7 heteroatoms. The second kappa shape index (κ2) is 4.88. The highest BCUT2D eigenvalue weighted by atomic mass is 16.6. The van der Waals surface area contributed by atoms with Crippen molar-refractivity contribution in [1.29, 1.82) is 5.26 Å². The lowest BCUT2D eigenvalue weighted by Crippen LogP contribution is -2.18. The molecule has 0 unspecified atom stereocenters. The molecule has 1 heterocycles. The molecule has 0 aliphatic rings. The van der Waals surface area contributed by atoms with E-state index in [1.54, 1.807) is 0 Å². The van der Waals surface area contributed by atoms with Crippen LogP contribution in [0.5, 0.6) is 0 Å². The number of aromatic amines is 1. The third-order valence-electron chi connectivity index (χ3n) is 1.67. The van der Waals surface area contributed by atoms with Gasteiger partial charge in [-0.2, -0.15) is 5.26 Å². The number of hydrogen-bond donors (Lipinski definition) is 2. The Morgan fingerprint density at radius 3 is 3.00 bits per heavy atom. The van der Waals surface area contributed by atoms with Crippen LogP contribution in [0.4, 0.5) is 11.5 Å². The SMILES string of the molecule is N#Cc1cc([N+](=O)[O-])c[nH+]c1NCCO. The second-order valence-corrected chi connectivity index (χ2v) is 2.67. The average molecular weight is 209 g/mol. The summed E-state index contributed by atoms with van der Waals surface area (Å²) in [6, 6.07) is 2.98. The van der Waals surface area contributed by atoms with Gasteiger partial charge in [-0.25, -0.2) is 4.98 Å². The topological polar surface area (TPSA) is 113 Å². The number of hydrogen-bond acceptors (Lipinski definition) is 5. The molecule has 0 bridgehead atoms. The number of aliphatic hydroxyl groups excluding tert-OH is 1. The third kappa shape index (κ3) is 2.62. The van der Waals surface area contributed by atoms with Crippen molar-refractivity contribution >= 4 is 11.5 Å². The number of anilines is 1. The predicted octanol–water partition coefficient (Wildman–Crippen LogP) is -0.315. The van der Waals surface area contributed by atoms with E-state index in [4.69, 9.17) is 10.4 Å². The zero-order valence-corrected chi connectivity index (χ0v) is 7.73. The first-order chi connectivity index (χ1) is 7.19. The molecule has 0 fully saturated rings. The average Bonchev–Trinajstić information content (AvgIpc) is 2.25. The van der Waals surface area contributed by atoms with Crippen LogP contribution in [0, 0.1) is 21.4 Å². The molecule has 1 rings (SSSR count). The van der Waals surface area contributed by atoms with Gasteiger partial charge in [0.2, 0.25) is 0 Å². The van der Waals surface area contributed by atoms with Gasteiger partial charge in [0.1, 0.15) is 18.2 Å². The maximum Gasteiger partial charge on any atom is 0.309 e. The van der Waals surface area contributed by atoms with E-state index >= 15 is 0 Å². The lowest BCUT2D eigenvalue weighted by atomic mass is 10.2. The summed E-state index contributed by atoms with van der Waals surface area (Å²) in [5.74, 6) is 0.358. The van der Waals surface area contributed by atoms with E-state index < -0.39 is 4.92 Å². The van der Waals surface area contributed by atoms with E-state index in [0.717, 1.165) is 6.07 Å². The van der Waals surface area contributed by atoms with E-state index in [1.807, 2.05) is 6.07 Å². The largest absolute Gasteiger partial charge is 0.392 e. The summed E-state index contributed by atoms with van der Waals surface area (Å²) in [5, 5.41) is 30.4. The molecule has 0 atom stereocenters. The summed E-state index contributed by atoms with van der Waals surface area (Å²) in [6.07, 6.45) is 1.18. The Hall–Kier alpha value is -2.20. The Bertz CT molecular complexity index is 413. The van der Waals surface area contributed by atoms with Crippen molar-refractivity contribution < 1.29 is 15.0 Å². The molecule has 0 aliphatic carbocycles. The van der Waals surface area contributed by atoms with Crippen molar-refractivity contribution in [3.8, 4) is 6.07 Å². The fourth-order valence-electron chi connectivity index (χ4n) is 1.01. The maximum atomic E-state index is 10.4. The number of rotatable bonds is 4. The van der Waals surface area contributed by atoms with Crippen molar-refractivity contribution in [3.63, 3.8) is 0 Å². The number of H-pyrrole nitrogens is 1. The number of pyridine rings is 1. The van der Waals surface area contributed by atoms with E-state index in [1.165, 1.54) is 6.20 Å². The monoisotopic (exact) mass is 209 g/mol. The molecular weight excluding hydrogens is 200 g/mol. The quantitative estimate of drug-likeness (QED) is 0.521. The van der Waals surface area contributed by atoms with Gasteiger partial charge in [0.25, 0.3) is 5.82 Å². The van der Waals surface area contributed by atoms with Crippen LogP contribution >= 0.6 is 0 Å². The summed E-state index contributed by atoms with van der Waals surface area (Å²) in [6.45, 7) is 0.179. The van der Waals surface area contributed by atoms with Crippen molar-refractivity contribution in [2.45, 2.75) is 0 Å². The van der Waals surface area contributed by atoms with Crippen LogP contribution in [-0.2, 0) is 0 Å². The van der Waals surface area contributed by atoms with Gasteiger partial charge in [0, 0.05) is 6.07 Å². The highest BCUT2D eigenvalue weighted by molar-refractivity contribution is 5.51. The van der Waals surface area contributed by atoms with Crippen LogP contribution in [0.15, 0.2) is 12.3 Å². The number of aromatic nitrogens is 1. The Balaban J connectivity index is 3.00. The minimum Gasteiger partial charge on any atom is -0.392 e. The Kier molecular flexibility index (Phi) is 3.54. The molecule has 1 aromatic heterocycles. The van der Waals surface area contributed by atoms with Crippen LogP contribution in [-0.4, -0.2) is 23.2 Å². The first kappa shape index (κ1) is 10.9. The molecule has 0 saturated carbocycles. The maximum absolute atomic E-state index is 10.4. The smallest absolute Gasteiger partial charge is 0.309 e. The summed E-state index contributed by atoms with van der Waals surface area (Å²) in [7, 11) is 0. The van der Waals surface area contributed by atoms with E-state index in [9.17, 15) is 10.1 Å². The van der Waals surface area contributed by atoms with Gasteiger partial charge in [-0.3, -0.25) is 15.4 Å². The van der Waals surface area contributed by atoms with Gasteiger partial charge in [0.05, 0.1) is 11.5 Å². The molecule has 3 N–H and O–H groups in total. The first-order valence-corrected chi connectivity index (χ1v) is 4.14. The highest BCUT2D eigenvalue weighted by Gasteiger charge is 2.15. The van der Waals surface area contributed by atoms with Gasteiger partial charge in [0.15, 0.2) is 6.20 Å². The van der Waals surface area contributed by atoms with Crippen molar-refractivity contribution in [2.24, 2.45) is 0 Å². The number of nitriles is 1. The Morgan fingerprint density at radius 2 is 2.47 bits per heavy atom. The molecule has 0 saturated heterocycles. The van der Waals surface area contributed by atoms with Crippen molar-refractivity contribution in [2.75, 3.05) is 18.5 Å². The molecule has 0 spiro atoms. The number of aliphatic hydroxyl groups is 1. The summed E-state index contributed by atoms with van der Waals surface area (Å²) < 4.78 is 0. The molecule has 0 amide bonds. The molecular formula is C8H9N4O3+. The fourth-order valence-corrected chi connectivity index (χ4v) is 1.01. The number of nitrogens with one attached hydrogen (secondary N) is 2. The molecule has 0 aromatic carbocycles. The van der Waals surface area contributed by atoms with Gasteiger partial charge in [-0.15, -0.1) is 0 Å². The number of nitro groups is 1. The minimum absolute atomic E-state index is 0.0876. The van der Waals surface area contributed by atoms with Gasteiger partial charge in [-0.05, 0) is 0 Å². The van der Waals surface area contributed by atoms with Gasteiger partial charge in [-0.1, -0.05) is 0 Å². The molecule has 15 heavy (non-hydrogen) atoms. The lowest BCUT2D eigenvalue weighted by molar-refractivity contribution is -0.413. The standard InChI is InChI=1S/C8H8N4O3/c9-4-6-3-7(12(14)15)5-11-8(6)10-1-2-13/h3,5,13H,1-2H2,(H,10,11)/p+1. The van der Waals surface area contributed by atoms with Gasteiger partial charge < -0.3 is 5.11 Å². The third-order valence-corrected chi connectivity index (χ3v) is 1.67. The van der Waals surface area contributed by atoms with E-state index in [2.05, 4.69) is 10.3 Å². The first-order valence-electron chi connectivity index (χ1n) is 4.14. The second-order valence-electron chi connectivity index (χ2n) is 2.67. The molecule has 0 aliphatic heterocycles. The van der Waals surface area contributed by atoms with Crippen LogP contribution < -0.4 is 10.3 Å². The van der Waals surface area contributed by atoms with Crippen LogP contribution in [0.3, 0.4) is 0 Å². The van der Waals surface area contributed by atoms with E-state index in [-0.39, 0.29) is 24.4 Å². The van der Waals surface area contributed by atoms with Crippen molar-refractivity contribution in [1.82, 2.24) is 0 Å². The van der Waals surface area contributed by atoms with Crippen LogP contribution in [0.1, 0.15) is 5.56 Å². The summed E-state index contributed by atoms with van der Waals surface area (Å²) in [5.41, 5.74) is -0.0428.